The molecule has 3 unspecified atom stereocenters. The number of aliphatic hydroxyl groups excluding tert-OH is 2. The largest absolute Gasteiger partial charge is 0.473 e. The molecule has 0 rings (SSSR count). The van der Waals surface area contributed by atoms with Gasteiger partial charge in [-0.1, -0.05) is 84.0 Å². The topological polar surface area (TPSA) is 139 Å². The molecule has 0 aliphatic carbocycles. The van der Waals surface area contributed by atoms with Crippen LogP contribution >= 0.6 is 7.82 Å². The number of aliphatic hydroxyl groups is 2. The fourth-order valence-electron chi connectivity index (χ4n) is 3.14. The Morgan fingerprint density at radius 2 is 1.40 bits per heavy atom. The van der Waals surface area contributed by atoms with E-state index in [1.807, 2.05) is 0 Å². The maximum Gasteiger partial charge on any atom is 0.473 e. The Hall–Kier alpha value is -0.340. The predicted molar refractivity (Wildman–Crippen MR) is 118 cm³/mol. The number of phosphoric acid groups is 1. The lowest BCUT2D eigenvalue weighted by atomic mass is 10.0. The quantitative estimate of drug-likeness (QED) is 0.143. The van der Waals surface area contributed by atoms with Crippen LogP contribution in [0.15, 0.2) is 0 Å². The van der Waals surface area contributed by atoms with Crippen LogP contribution in [0, 0.1) is 0 Å². The molecular weight excluding hydrogens is 409 g/mol. The summed E-state index contributed by atoms with van der Waals surface area (Å²) in [5.41, 5.74) is 5.48. The van der Waals surface area contributed by atoms with Gasteiger partial charge in [-0.2, -0.15) is 0 Å². The van der Waals surface area contributed by atoms with Gasteiger partial charge in [0.25, 0.3) is 0 Å². The Morgan fingerprint density at radius 3 is 1.83 bits per heavy atom. The van der Waals surface area contributed by atoms with Gasteiger partial charge in [-0.15, -0.1) is 0 Å². The molecule has 3 atom stereocenters. The molecule has 0 heterocycles. The first-order valence-electron chi connectivity index (χ1n) is 11.5. The third kappa shape index (κ3) is 17.4. The van der Waals surface area contributed by atoms with Crippen molar-refractivity contribution in [3.8, 4) is 0 Å². The van der Waals surface area contributed by atoms with Crippen LogP contribution in [0.1, 0.15) is 96.8 Å². The van der Waals surface area contributed by atoms with Crippen molar-refractivity contribution in [2.24, 2.45) is 5.73 Å². The van der Waals surface area contributed by atoms with E-state index in [4.69, 9.17) is 20.5 Å². The van der Waals surface area contributed by atoms with Gasteiger partial charge in [-0.3, -0.25) is 13.8 Å². The Kier molecular flexibility index (Phi) is 19.1. The van der Waals surface area contributed by atoms with Gasteiger partial charge in [-0.05, 0) is 6.42 Å². The molecule has 0 fully saturated rings. The van der Waals surface area contributed by atoms with Crippen molar-refractivity contribution < 1.29 is 33.5 Å². The maximum atomic E-state index is 12.2. The zero-order valence-corrected chi connectivity index (χ0v) is 19.6. The van der Waals surface area contributed by atoms with Gasteiger partial charge in [0.15, 0.2) is 5.78 Å². The molecule has 0 spiro atoms. The van der Waals surface area contributed by atoms with Gasteiger partial charge in [0, 0.05) is 13.0 Å². The van der Waals surface area contributed by atoms with Gasteiger partial charge < -0.3 is 20.8 Å². The number of Topliss-reactive ketones (excluding diaryl/α,β-unsaturated/α-hetero) is 1. The Bertz CT molecular complexity index is 465. The molecule has 0 aliphatic rings. The normalized spacial score (nSPS) is 15.6. The fraction of sp³-hybridized carbons (Fsp3) is 0.952. The van der Waals surface area contributed by atoms with E-state index in [9.17, 15) is 14.3 Å². The Morgan fingerprint density at radius 1 is 0.933 bits per heavy atom. The van der Waals surface area contributed by atoms with Crippen LogP contribution in [0.25, 0.3) is 0 Å². The van der Waals surface area contributed by atoms with Crippen molar-refractivity contribution in [1.29, 1.82) is 0 Å². The van der Waals surface area contributed by atoms with E-state index in [1.54, 1.807) is 0 Å². The van der Waals surface area contributed by atoms with Crippen molar-refractivity contribution in [3.05, 3.63) is 0 Å². The van der Waals surface area contributed by atoms with Crippen LogP contribution in [0.2, 0.25) is 0 Å². The van der Waals surface area contributed by atoms with E-state index in [-0.39, 0.29) is 18.7 Å². The molecule has 0 bridgehead atoms. The summed E-state index contributed by atoms with van der Waals surface area (Å²) in [7, 11) is -4.53. The summed E-state index contributed by atoms with van der Waals surface area (Å²) in [6, 6.07) is 0. The highest BCUT2D eigenvalue weighted by Gasteiger charge is 2.30. The summed E-state index contributed by atoms with van der Waals surface area (Å²) in [6.07, 6.45) is 13.4. The zero-order valence-electron chi connectivity index (χ0n) is 18.7. The second kappa shape index (κ2) is 19.4. The molecule has 180 valence electrons. The van der Waals surface area contributed by atoms with Crippen molar-refractivity contribution >= 4 is 13.6 Å². The van der Waals surface area contributed by atoms with Crippen molar-refractivity contribution in [1.82, 2.24) is 0 Å². The average molecular weight is 454 g/mol. The predicted octanol–water partition coefficient (Wildman–Crippen LogP) is 3.85. The van der Waals surface area contributed by atoms with Crippen LogP contribution in [-0.4, -0.2) is 52.9 Å². The molecule has 9 heteroatoms. The number of carbonyl (C=O) groups excluding carboxylic acids is 1. The van der Waals surface area contributed by atoms with Gasteiger partial charge in [0.1, 0.15) is 12.2 Å². The lowest BCUT2D eigenvalue weighted by Gasteiger charge is -2.19. The molecule has 0 aromatic heterocycles. The van der Waals surface area contributed by atoms with Gasteiger partial charge >= 0.3 is 7.82 Å². The first-order valence-corrected chi connectivity index (χ1v) is 13.0. The second-order valence-electron chi connectivity index (χ2n) is 7.89. The number of carbonyl (C=O) groups is 1. The van der Waals surface area contributed by atoms with Gasteiger partial charge in [0.2, 0.25) is 0 Å². The van der Waals surface area contributed by atoms with Crippen LogP contribution < -0.4 is 5.73 Å². The zero-order chi connectivity index (χ0) is 22.7. The Balaban J connectivity index is 3.77. The molecular formula is C21H44NO7P. The number of nitrogens with two attached hydrogens (primary N) is 1. The second-order valence-corrected chi connectivity index (χ2v) is 9.30. The summed E-state index contributed by atoms with van der Waals surface area (Å²) in [6.45, 7) is 0.818. The first kappa shape index (κ1) is 29.7. The number of ketones is 1. The first-order chi connectivity index (χ1) is 14.4. The highest BCUT2D eigenvalue weighted by atomic mass is 31.2. The number of hydrogen-bond acceptors (Lipinski definition) is 7. The van der Waals surface area contributed by atoms with Gasteiger partial charge in [-0.25, -0.2) is 4.57 Å². The standard InChI is InChI=1S/C21H44NO7P/c1-2-3-4-5-6-7-8-9-10-11-12-13-14-15-20(25)21(16-22)29-30(26,27)28-18-19(24)17-23/h19,21,23-24H,2-18,22H2,1H3,(H,26,27). The van der Waals surface area contributed by atoms with Crippen LogP contribution in [-0.2, 0) is 18.4 Å². The van der Waals surface area contributed by atoms with E-state index >= 15 is 0 Å². The minimum Gasteiger partial charge on any atom is -0.394 e. The van der Waals surface area contributed by atoms with Gasteiger partial charge in [0.05, 0.1) is 13.2 Å². The molecule has 0 aromatic rings. The molecule has 0 aromatic carbocycles. The lowest BCUT2D eigenvalue weighted by molar-refractivity contribution is -0.126. The van der Waals surface area contributed by atoms with Crippen LogP contribution in [0.4, 0.5) is 0 Å². The SMILES string of the molecule is CCCCCCCCCCCCCCCC(=O)C(CN)OP(=O)(O)OCC(O)CO. The molecule has 30 heavy (non-hydrogen) atoms. The highest BCUT2D eigenvalue weighted by Crippen LogP contribution is 2.44. The number of rotatable bonds is 22. The van der Waals surface area contributed by atoms with Crippen molar-refractivity contribution in [2.75, 3.05) is 19.8 Å². The van der Waals surface area contributed by atoms with Crippen molar-refractivity contribution in [2.45, 2.75) is 109 Å². The third-order valence-electron chi connectivity index (χ3n) is 5.00. The fourth-order valence-corrected chi connectivity index (χ4v) is 4.08. The molecule has 0 amide bonds. The summed E-state index contributed by atoms with van der Waals surface area (Å²) < 4.78 is 21.2. The number of hydrogen-bond donors (Lipinski definition) is 4. The number of phosphoric ester groups is 1. The minimum atomic E-state index is -4.53. The molecule has 0 radical (unpaired) electrons. The highest BCUT2D eigenvalue weighted by molar-refractivity contribution is 7.47. The summed E-state index contributed by atoms with van der Waals surface area (Å²) >= 11 is 0. The van der Waals surface area contributed by atoms with E-state index in [1.165, 1.54) is 57.8 Å². The lowest BCUT2D eigenvalue weighted by Crippen LogP contribution is -2.32. The number of unbranched alkanes of at least 4 members (excludes halogenated alkanes) is 12. The van der Waals surface area contributed by atoms with Crippen molar-refractivity contribution in [3.63, 3.8) is 0 Å². The van der Waals surface area contributed by atoms with E-state index in [0.29, 0.717) is 6.42 Å². The Labute approximate surface area is 182 Å². The third-order valence-corrected chi connectivity index (χ3v) is 6.00. The van der Waals surface area contributed by atoms with E-state index in [2.05, 4.69) is 11.4 Å². The molecule has 0 aliphatic heterocycles. The smallest absolute Gasteiger partial charge is 0.394 e. The maximum absolute atomic E-state index is 12.2. The van der Waals surface area contributed by atoms with E-state index < -0.39 is 33.2 Å². The molecule has 0 saturated heterocycles. The summed E-state index contributed by atoms with van der Waals surface area (Å²) in [5.74, 6) is -0.332. The van der Waals surface area contributed by atoms with Crippen LogP contribution in [0.5, 0.6) is 0 Å². The molecule has 0 saturated carbocycles. The van der Waals surface area contributed by atoms with E-state index in [0.717, 1.165) is 19.3 Å². The molecule has 8 nitrogen and oxygen atoms in total. The summed E-state index contributed by atoms with van der Waals surface area (Å²) in [4.78, 5) is 21.8. The average Bonchev–Trinajstić information content (AvgIpc) is 2.73. The monoisotopic (exact) mass is 453 g/mol. The van der Waals surface area contributed by atoms with Crippen LogP contribution in [0.3, 0.4) is 0 Å². The molecule has 5 N–H and O–H groups in total. The summed E-state index contributed by atoms with van der Waals surface area (Å²) in [5, 5.41) is 17.8. The minimum absolute atomic E-state index is 0.228.